The zero-order valence-corrected chi connectivity index (χ0v) is 24.0. The molecule has 3 N–H and O–H groups in total. The number of hydrogen-bond donors (Lipinski definition) is 3. The Morgan fingerprint density at radius 3 is 2.67 bits per heavy atom. The van der Waals surface area contributed by atoms with Gasteiger partial charge >= 0.3 is 5.97 Å². The number of carbonyl (C=O) groups is 3. The van der Waals surface area contributed by atoms with Crippen molar-refractivity contribution >= 4 is 57.5 Å². The maximum absolute atomic E-state index is 13.6. The number of fused-ring (bicyclic) bond motifs is 1. The number of aromatic nitrogens is 2. The molecular formula is C29H32ClFN6O5. The molecule has 3 aromatic rings. The van der Waals surface area contributed by atoms with Crippen LogP contribution in [-0.2, 0) is 19.1 Å². The summed E-state index contributed by atoms with van der Waals surface area (Å²) in [5.41, 5.74) is 1.45. The van der Waals surface area contributed by atoms with E-state index in [1.165, 1.54) is 24.5 Å². The van der Waals surface area contributed by atoms with Gasteiger partial charge in [0.15, 0.2) is 0 Å². The van der Waals surface area contributed by atoms with E-state index in [1.807, 2.05) is 0 Å². The predicted molar refractivity (Wildman–Crippen MR) is 157 cm³/mol. The van der Waals surface area contributed by atoms with Gasteiger partial charge in [0.25, 0.3) is 0 Å². The molecule has 1 aromatic heterocycles. The smallest absolute Gasteiger partial charge is 0.320 e. The largest absolute Gasteiger partial charge is 0.491 e. The van der Waals surface area contributed by atoms with E-state index in [0.29, 0.717) is 59.5 Å². The summed E-state index contributed by atoms with van der Waals surface area (Å²) in [6, 6.07) is 7.60. The Balaban J connectivity index is 1.44. The van der Waals surface area contributed by atoms with Crippen molar-refractivity contribution in [1.82, 2.24) is 20.2 Å². The van der Waals surface area contributed by atoms with Crippen molar-refractivity contribution in [3.8, 4) is 5.75 Å². The maximum Gasteiger partial charge on any atom is 0.320 e. The van der Waals surface area contributed by atoms with Crippen LogP contribution in [0.1, 0.15) is 19.8 Å². The molecule has 2 aromatic carbocycles. The lowest BCUT2D eigenvalue weighted by Crippen LogP contribution is -2.35. The molecule has 13 heteroatoms. The highest BCUT2D eigenvalue weighted by Crippen LogP contribution is 2.36. The second kappa shape index (κ2) is 14.6. The van der Waals surface area contributed by atoms with E-state index in [-0.39, 0.29) is 24.1 Å². The summed E-state index contributed by atoms with van der Waals surface area (Å²) in [6.45, 7) is 3.35. The van der Waals surface area contributed by atoms with Gasteiger partial charge in [-0.15, -0.1) is 0 Å². The standard InChI is InChI=1S/C29H32ClFN6O5/c1-3-41-28(40)15-37(2)11-10-32-26(38)8-9-27(39)36-24-13-20-23(14-25(24)42-16-18-4-5-18)33-17-34-29(20)35-19-6-7-22(31)21(30)12-19/h6-9,12-14,17-18H,3-5,10-11,15-16H2,1-2H3,(H,32,38)(H,36,39)(H,33,34,35). The number of nitrogens with one attached hydrogen (secondary N) is 3. The number of likely N-dealkylation sites (N-methyl/N-ethyl adjacent to an activating group) is 1. The molecule has 0 bridgehead atoms. The molecule has 1 aliphatic rings. The Morgan fingerprint density at radius 1 is 1.14 bits per heavy atom. The second-order valence-corrected chi connectivity index (χ2v) is 10.2. The number of benzene rings is 2. The fraction of sp³-hybridized carbons (Fsp3) is 0.345. The summed E-state index contributed by atoms with van der Waals surface area (Å²) in [4.78, 5) is 46.9. The number of ether oxygens (including phenoxy) is 2. The van der Waals surface area contributed by atoms with Crippen molar-refractivity contribution in [3.05, 3.63) is 59.7 Å². The van der Waals surface area contributed by atoms with E-state index >= 15 is 0 Å². The highest BCUT2D eigenvalue weighted by Gasteiger charge is 2.23. The average molecular weight is 599 g/mol. The quantitative estimate of drug-likeness (QED) is 0.185. The highest BCUT2D eigenvalue weighted by molar-refractivity contribution is 6.31. The van der Waals surface area contributed by atoms with Gasteiger partial charge in [-0.3, -0.25) is 19.3 Å². The second-order valence-electron chi connectivity index (χ2n) is 9.75. The Bertz CT molecular complexity index is 1480. The first-order chi connectivity index (χ1) is 20.2. The number of halogens is 2. The molecular weight excluding hydrogens is 567 g/mol. The number of anilines is 3. The molecule has 0 aliphatic heterocycles. The molecule has 4 rings (SSSR count). The number of hydrogen-bond acceptors (Lipinski definition) is 9. The van der Waals surface area contributed by atoms with Crippen LogP contribution < -0.4 is 20.7 Å². The molecule has 1 fully saturated rings. The first-order valence-corrected chi connectivity index (χ1v) is 13.8. The highest BCUT2D eigenvalue weighted by atomic mass is 35.5. The Hall–Kier alpha value is -4.29. The molecule has 2 amide bonds. The average Bonchev–Trinajstić information content (AvgIpc) is 3.78. The molecule has 11 nitrogen and oxygen atoms in total. The fourth-order valence-corrected chi connectivity index (χ4v) is 4.04. The van der Waals surface area contributed by atoms with Crippen LogP contribution in [0.25, 0.3) is 10.9 Å². The van der Waals surface area contributed by atoms with Crippen LogP contribution in [0.3, 0.4) is 0 Å². The summed E-state index contributed by atoms with van der Waals surface area (Å²) in [7, 11) is 1.74. The van der Waals surface area contributed by atoms with Crippen molar-refractivity contribution in [3.63, 3.8) is 0 Å². The Labute approximate surface area is 247 Å². The number of nitrogens with zero attached hydrogens (tertiary/aromatic N) is 3. The van der Waals surface area contributed by atoms with Gasteiger partial charge in [0, 0.05) is 42.4 Å². The van der Waals surface area contributed by atoms with Crippen LogP contribution >= 0.6 is 11.6 Å². The summed E-state index contributed by atoms with van der Waals surface area (Å²) in [5, 5.41) is 9.08. The maximum atomic E-state index is 13.6. The predicted octanol–water partition coefficient (Wildman–Crippen LogP) is 4.06. The molecule has 1 aliphatic carbocycles. The third-order valence-electron chi connectivity index (χ3n) is 6.23. The van der Waals surface area contributed by atoms with Crippen molar-refractivity contribution in [2.75, 3.05) is 50.5 Å². The molecule has 0 unspecified atom stereocenters. The van der Waals surface area contributed by atoms with Crippen molar-refractivity contribution < 1.29 is 28.2 Å². The fourth-order valence-electron chi connectivity index (χ4n) is 3.86. The van der Waals surface area contributed by atoms with Gasteiger partial charge in [0.1, 0.15) is 23.7 Å². The first-order valence-electron chi connectivity index (χ1n) is 13.5. The van der Waals surface area contributed by atoms with E-state index in [0.717, 1.165) is 25.0 Å². The zero-order valence-electron chi connectivity index (χ0n) is 23.3. The van der Waals surface area contributed by atoms with Crippen LogP contribution in [0.2, 0.25) is 5.02 Å². The minimum absolute atomic E-state index is 0.0402. The van der Waals surface area contributed by atoms with Crippen molar-refractivity contribution in [2.45, 2.75) is 19.8 Å². The monoisotopic (exact) mass is 598 g/mol. The van der Waals surface area contributed by atoms with Gasteiger partial charge in [0.05, 0.1) is 36.0 Å². The van der Waals surface area contributed by atoms with Gasteiger partial charge in [-0.25, -0.2) is 14.4 Å². The van der Waals surface area contributed by atoms with Gasteiger partial charge < -0.3 is 25.4 Å². The molecule has 42 heavy (non-hydrogen) atoms. The topological polar surface area (TPSA) is 135 Å². The lowest BCUT2D eigenvalue weighted by molar-refractivity contribution is -0.144. The third kappa shape index (κ3) is 9.11. The zero-order chi connectivity index (χ0) is 30.1. The van der Waals surface area contributed by atoms with Crippen LogP contribution in [0.4, 0.5) is 21.6 Å². The first kappa shape index (κ1) is 30.7. The van der Waals surface area contributed by atoms with Gasteiger partial charge in [0.2, 0.25) is 11.8 Å². The van der Waals surface area contributed by atoms with E-state index in [9.17, 15) is 18.8 Å². The van der Waals surface area contributed by atoms with E-state index in [4.69, 9.17) is 21.1 Å². The molecule has 0 atom stereocenters. The Kier molecular flexibility index (Phi) is 10.6. The van der Waals surface area contributed by atoms with Crippen LogP contribution in [-0.4, -0.2) is 72.5 Å². The number of rotatable bonds is 14. The van der Waals surface area contributed by atoms with Crippen molar-refractivity contribution in [2.24, 2.45) is 5.92 Å². The van der Waals surface area contributed by atoms with Crippen LogP contribution in [0.5, 0.6) is 5.75 Å². The normalized spacial score (nSPS) is 12.9. The number of amides is 2. The summed E-state index contributed by atoms with van der Waals surface area (Å²) in [6.07, 6.45) is 5.80. The van der Waals surface area contributed by atoms with Gasteiger partial charge in [-0.1, -0.05) is 11.6 Å². The van der Waals surface area contributed by atoms with Gasteiger partial charge in [-0.05, 0) is 57.0 Å². The van der Waals surface area contributed by atoms with Crippen LogP contribution in [0.15, 0.2) is 48.8 Å². The minimum Gasteiger partial charge on any atom is -0.491 e. The third-order valence-corrected chi connectivity index (χ3v) is 6.52. The van der Waals surface area contributed by atoms with E-state index < -0.39 is 17.6 Å². The number of carbonyl (C=O) groups excluding carboxylic acids is 3. The minimum atomic E-state index is -0.545. The van der Waals surface area contributed by atoms with Gasteiger partial charge in [-0.2, -0.15) is 0 Å². The summed E-state index contributed by atoms with van der Waals surface area (Å²) >= 11 is 5.92. The van der Waals surface area contributed by atoms with Crippen molar-refractivity contribution in [1.29, 1.82) is 0 Å². The lowest BCUT2D eigenvalue weighted by atomic mass is 10.1. The molecule has 0 spiro atoms. The lowest BCUT2D eigenvalue weighted by Gasteiger charge is -2.15. The van der Waals surface area contributed by atoms with E-state index in [1.54, 1.807) is 31.0 Å². The summed E-state index contributed by atoms with van der Waals surface area (Å²) < 4.78 is 24.5. The molecule has 222 valence electrons. The Morgan fingerprint density at radius 2 is 1.93 bits per heavy atom. The van der Waals surface area contributed by atoms with E-state index in [2.05, 4.69) is 25.9 Å². The molecule has 0 saturated heterocycles. The molecule has 1 heterocycles. The summed E-state index contributed by atoms with van der Waals surface area (Å²) in [5.74, 6) is -0.579. The SMILES string of the molecule is CCOC(=O)CN(C)CCNC(=O)C=CC(=O)Nc1cc2c(Nc3ccc(F)c(Cl)c3)ncnc2cc1OCC1CC1. The number of esters is 1. The molecule has 0 radical (unpaired) electrons. The molecule has 1 saturated carbocycles. The van der Waals surface area contributed by atoms with Crippen LogP contribution in [0, 0.1) is 11.7 Å².